The highest BCUT2D eigenvalue weighted by molar-refractivity contribution is 7.91. The van der Waals surface area contributed by atoms with E-state index in [1.165, 1.54) is 4.88 Å². The minimum atomic E-state index is -2.97. The van der Waals surface area contributed by atoms with Gasteiger partial charge in [0.05, 0.1) is 11.5 Å². The Balaban J connectivity index is 1.69. The largest absolute Gasteiger partial charge is 0.338 e. The Labute approximate surface area is 117 Å². The number of carbonyl (C=O) groups excluding carboxylic acids is 1. The van der Waals surface area contributed by atoms with E-state index in [0.717, 1.165) is 12.8 Å². The van der Waals surface area contributed by atoms with Gasteiger partial charge in [0.15, 0.2) is 9.84 Å². The fraction of sp³-hybridized carbons (Fsp3) is 0.583. The lowest BCUT2D eigenvalue weighted by molar-refractivity contribution is 0.237. The topological polar surface area (TPSA) is 75.3 Å². The first-order valence-corrected chi connectivity index (χ1v) is 9.02. The van der Waals surface area contributed by atoms with Gasteiger partial charge in [0, 0.05) is 17.5 Å². The summed E-state index contributed by atoms with van der Waals surface area (Å²) in [5, 5.41) is 7.49. The summed E-state index contributed by atoms with van der Waals surface area (Å²) in [6.07, 6.45) is 2.16. The van der Waals surface area contributed by atoms with E-state index < -0.39 is 9.84 Å². The Kier molecular flexibility index (Phi) is 4.81. The zero-order chi connectivity index (χ0) is 13.7. The van der Waals surface area contributed by atoms with Crippen molar-refractivity contribution in [3.63, 3.8) is 0 Å². The minimum Gasteiger partial charge on any atom is -0.338 e. The van der Waals surface area contributed by atoms with Crippen molar-refractivity contribution < 1.29 is 13.2 Å². The van der Waals surface area contributed by atoms with Crippen LogP contribution in [0.4, 0.5) is 4.79 Å². The molecule has 0 bridgehead atoms. The van der Waals surface area contributed by atoms with Gasteiger partial charge < -0.3 is 10.6 Å². The van der Waals surface area contributed by atoms with Gasteiger partial charge in [-0.25, -0.2) is 13.2 Å². The molecule has 0 spiro atoms. The molecule has 0 unspecified atom stereocenters. The summed E-state index contributed by atoms with van der Waals surface area (Å²) in [5.74, 6) is 0.302. The van der Waals surface area contributed by atoms with Gasteiger partial charge in [-0.05, 0) is 30.7 Å². The van der Waals surface area contributed by atoms with Crippen LogP contribution in [0.1, 0.15) is 17.7 Å². The smallest absolute Gasteiger partial charge is 0.315 e. The lowest BCUT2D eigenvalue weighted by atomic mass is 10.2. The van der Waals surface area contributed by atoms with Crippen LogP contribution in [0.2, 0.25) is 0 Å². The van der Waals surface area contributed by atoms with Gasteiger partial charge in [-0.2, -0.15) is 0 Å². The molecule has 1 aliphatic rings. The normalized spacial score (nSPS) is 21.8. The van der Waals surface area contributed by atoms with Crippen molar-refractivity contribution >= 4 is 27.2 Å². The highest BCUT2D eigenvalue weighted by Gasteiger charge is 2.25. The summed E-state index contributed by atoms with van der Waals surface area (Å²) in [4.78, 5) is 12.9. The van der Waals surface area contributed by atoms with Crippen LogP contribution in [-0.2, 0) is 16.3 Å². The maximum atomic E-state index is 11.6. The van der Waals surface area contributed by atoms with Gasteiger partial charge in [0.1, 0.15) is 0 Å². The van der Waals surface area contributed by atoms with Crippen LogP contribution >= 0.6 is 11.3 Å². The van der Waals surface area contributed by atoms with Crippen molar-refractivity contribution in [1.82, 2.24) is 10.6 Å². The van der Waals surface area contributed by atoms with Gasteiger partial charge in [-0.1, -0.05) is 6.07 Å². The molecule has 0 aromatic carbocycles. The van der Waals surface area contributed by atoms with Crippen molar-refractivity contribution in [3.05, 3.63) is 22.4 Å². The summed E-state index contributed by atoms with van der Waals surface area (Å²) in [6, 6.07) is 3.48. The van der Waals surface area contributed by atoms with Crippen molar-refractivity contribution in [1.29, 1.82) is 0 Å². The van der Waals surface area contributed by atoms with Crippen LogP contribution in [0.5, 0.6) is 0 Å². The number of hydrogen-bond donors (Lipinski definition) is 2. The Morgan fingerprint density at radius 1 is 1.47 bits per heavy atom. The number of thiophene rings is 1. The van der Waals surface area contributed by atoms with E-state index in [1.807, 2.05) is 17.5 Å². The maximum Gasteiger partial charge on any atom is 0.315 e. The summed E-state index contributed by atoms with van der Waals surface area (Å²) < 4.78 is 22.9. The van der Waals surface area contributed by atoms with Gasteiger partial charge in [0.2, 0.25) is 0 Å². The van der Waals surface area contributed by atoms with Gasteiger partial charge in [-0.3, -0.25) is 0 Å². The van der Waals surface area contributed by atoms with Gasteiger partial charge >= 0.3 is 6.03 Å². The van der Waals surface area contributed by atoms with Crippen LogP contribution in [0.3, 0.4) is 0 Å². The van der Waals surface area contributed by atoms with Crippen LogP contribution in [-0.4, -0.2) is 38.5 Å². The molecule has 1 fully saturated rings. The van der Waals surface area contributed by atoms with E-state index in [1.54, 1.807) is 11.3 Å². The van der Waals surface area contributed by atoms with Crippen molar-refractivity contribution in [2.75, 3.05) is 18.1 Å². The number of hydrogen-bond acceptors (Lipinski definition) is 4. The van der Waals surface area contributed by atoms with E-state index in [-0.39, 0.29) is 23.6 Å². The molecule has 1 aromatic rings. The van der Waals surface area contributed by atoms with Crippen LogP contribution < -0.4 is 10.6 Å². The zero-order valence-electron chi connectivity index (χ0n) is 10.6. The molecule has 2 N–H and O–H groups in total. The number of amides is 2. The fourth-order valence-electron chi connectivity index (χ4n) is 2.13. The average Bonchev–Trinajstić information content (AvgIpc) is 2.80. The van der Waals surface area contributed by atoms with E-state index in [0.29, 0.717) is 13.0 Å². The van der Waals surface area contributed by atoms with Crippen LogP contribution in [0.15, 0.2) is 17.5 Å². The third kappa shape index (κ3) is 4.83. The Bertz CT molecular complexity index is 511. The van der Waals surface area contributed by atoms with E-state index in [2.05, 4.69) is 10.6 Å². The van der Waals surface area contributed by atoms with E-state index >= 15 is 0 Å². The molecular formula is C12H18N2O3S2. The third-order valence-electron chi connectivity index (χ3n) is 3.04. The molecule has 7 heteroatoms. The van der Waals surface area contributed by atoms with E-state index in [9.17, 15) is 13.2 Å². The van der Waals surface area contributed by atoms with Crippen LogP contribution in [0.25, 0.3) is 0 Å². The molecule has 0 radical (unpaired) electrons. The van der Waals surface area contributed by atoms with Crippen molar-refractivity contribution in [2.24, 2.45) is 0 Å². The number of sulfone groups is 1. The quantitative estimate of drug-likeness (QED) is 0.876. The lowest BCUT2D eigenvalue weighted by Gasteiger charge is -2.23. The standard InChI is InChI=1S/C12H18N2O3S2/c15-12(13-6-5-11-4-1-7-18-11)14-10-3-2-8-19(16,17)9-10/h1,4,7,10H,2-3,5-6,8-9H2,(H2,13,14,15)/t10-/m0/s1. The number of nitrogens with one attached hydrogen (secondary N) is 2. The summed E-state index contributed by atoms with van der Waals surface area (Å²) in [5.41, 5.74) is 0. The average molecular weight is 302 g/mol. The monoisotopic (exact) mass is 302 g/mol. The second kappa shape index (κ2) is 6.38. The third-order valence-corrected chi connectivity index (χ3v) is 5.79. The Hall–Kier alpha value is -1.08. The van der Waals surface area contributed by atoms with Crippen molar-refractivity contribution in [3.8, 4) is 0 Å². The van der Waals surface area contributed by atoms with E-state index in [4.69, 9.17) is 0 Å². The number of carbonyl (C=O) groups is 1. The molecule has 2 rings (SSSR count). The second-order valence-electron chi connectivity index (χ2n) is 4.68. The molecule has 2 amide bonds. The highest BCUT2D eigenvalue weighted by atomic mass is 32.2. The maximum absolute atomic E-state index is 11.6. The molecule has 19 heavy (non-hydrogen) atoms. The first-order chi connectivity index (χ1) is 9.05. The molecule has 1 aliphatic heterocycles. The predicted molar refractivity (Wildman–Crippen MR) is 76.2 cm³/mol. The first-order valence-electron chi connectivity index (χ1n) is 6.32. The van der Waals surface area contributed by atoms with Gasteiger partial charge in [0.25, 0.3) is 0 Å². The molecule has 1 aromatic heterocycles. The lowest BCUT2D eigenvalue weighted by Crippen LogP contribution is -2.47. The number of rotatable bonds is 4. The summed E-state index contributed by atoms with van der Waals surface area (Å²) >= 11 is 1.66. The van der Waals surface area contributed by atoms with Crippen molar-refractivity contribution in [2.45, 2.75) is 25.3 Å². The molecule has 2 heterocycles. The molecule has 1 atom stereocenters. The zero-order valence-corrected chi connectivity index (χ0v) is 12.2. The first kappa shape index (κ1) is 14.3. The molecule has 0 saturated carbocycles. The highest BCUT2D eigenvalue weighted by Crippen LogP contribution is 2.12. The van der Waals surface area contributed by atoms with Crippen LogP contribution in [0, 0.1) is 0 Å². The Morgan fingerprint density at radius 3 is 3.00 bits per heavy atom. The minimum absolute atomic E-state index is 0.0609. The molecule has 5 nitrogen and oxygen atoms in total. The molecule has 0 aliphatic carbocycles. The Morgan fingerprint density at radius 2 is 2.32 bits per heavy atom. The SMILES string of the molecule is O=C(NCCc1cccs1)N[C@H]1CCCS(=O)(=O)C1. The van der Waals surface area contributed by atoms with Gasteiger partial charge in [-0.15, -0.1) is 11.3 Å². The number of urea groups is 1. The molecule has 1 saturated heterocycles. The predicted octanol–water partition coefficient (Wildman–Crippen LogP) is 1.17. The summed E-state index contributed by atoms with van der Waals surface area (Å²) in [6.45, 7) is 0.561. The summed E-state index contributed by atoms with van der Waals surface area (Å²) in [7, 11) is -2.97. The molecule has 106 valence electrons. The second-order valence-corrected chi connectivity index (χ2v) is 7.94. The molecular weight excluding hydrogens is 284 g/mol. The fourth-order valence-corrected chi connectivity index (χ4v) is 4.47.